The minimum atomic E-state index is -3.80. The van der Waals surface area contributed by atoms with E-state index in [1.165, 1.54) is 4.90 Å². The summed E-state index contributed by atoms with van der Waals surface area (Å²) in [5.41, 5.74) is 2.06. The van der Waals surface area contributed by atoms with Gasteiger partial charge < -0.3 is 10.2 Å². The average molecular weight is 679 g/mol. The van der Waals surface area contributed by atoms with Crippen LogP contribution in [0.5, 0.6) is 0 Å². The summed E-state index contributed by atoms with van der Waals surface area (Å²) in [5, 5.41) is 2.98. The summed E-state index contributed by atoms with van der Waals surface area (Å²) in [4.78, 5) is 29.1. The van der Waals surface area contributed by atoms with Gasteiger partial charge in [0.25, 0.3) is 0 Å². The lowest BCUT2D eigenvalue weighted by Crippen LogP contribution is -2.53. The second-order valence-corrected chi connectivity index (χ2v) is 13.5. The van der Waals surface area contributed by atoms with Gasteiger partial charge in [-0.25, -0.2) is 8.42 Å². The lowest BCUT2D eigenvalue weighted by Gasteiger charge is -2.33. The number of sulfonamides is 1. The normalized spacial score (nSPS) is 12.2. The molecule has 1 N–H and O–H groups in total. The van der Waals surface area contributed by atoms with Gasteiger partial charge in [-0.3, -0.25) is 13.9 Å². The van der Waals surface area contributed by atoms with Crippen molar-refractivity contribution in [3.8, 4) is 0 Å². The maximum Gasteiger partial charge on any atom is 0.244 e. The predicted octanol–water partition coefficient (Wildman–Crippen LogP) is 5.39. The van der Waals surface area contributed by atoms with Gasteiger partial charge in [0, 0.05) is 28.5 Å². The van der Waals surface area contributed by atoms with Gasteiger partial charge in [0.1, 0.15) is 12.6 Å². The molecule has 3 aromatic rings. The maximum atomic E-state index is 14.0. The molecule has 7 nitrogen and oxygen atoms in total. The largest absolute Gasteiger partial charge is 0.354 e. The molecule has 0 saturated carbocycles. The number of amides is 2. The Kier molecular flexibility index (Phi) is 11.1. The molecule has 1 atom stereocenters. The van der Waals surface area contributed by atoms with Crippen LogP contribution in [-0.4, -0.2) is 50.5 Å². The van der Waals surface area contributed by atoms with Crippen molar-refractivity contribution in [2.45, 2.75) is 32.9 Å². The first-order chi connectivity index (χ1) is 18.4. The van der Waals surface area contributed by atoms with Crippen molar-refractivity contribution in [3.05, 3.63) is 98.9 Å². The number of benzene rings is 3. The zero-order chi connectivity index (χ0) is 28.6. The van der Waals surface area contributed by atoms with Crippen molar-refractivity contribution in [2.24, 2.45) is 5.92 Å². The zero-order valence-corrected chi connectivity index (χ0v) is 26.2. The standard InChI is InChI=1S/C29H33Br2N3O4S/c1-21(2)18-32-29(36)27(17-22-8-5-4-6-9-22)33(19-23-10-7-11-25(31)16-23)28(35)20-34(39(3,37)38)26-14-12-24(30)13-15-26/h4-16,21,27H,17-20H2,1-3H3,(H,32,36). The number of carbonyl (C=O) groups is 2. The van der Waals surface area contributed by atoms with Gasteiger partial charge in [-0.15, -0.1) is 0 Å². The van der Waals surface area contributed by atoms with E-state index in [2.05, 4.69) is 37.2 Å². The van der Waals surface area contributed by atoms with E-state index in [0.717, 1.165) is 30.6 Å². The Bertz CT molecular complexity index is 1370. The molecule has 0 aromatic heterocycles. The average Bonchev–Trinajstić information content (AvgIpc) is 2.88. The first-order valence-corrected chi connectivity index (χ1v) is 16.0. The molecule has 10 heteroatoms. The van der Waals surface area contributed by atoms with Crippen molar-refractivity contribution in [1.29, 1.82) is 0 Å². The fourth-order valence-corrected chi connectivity index (χ4v) is 5.59. The van der Waals surface area contributed by atoms with Crippen LogP contribution in [-0.2, 0) is 32.6 Å². The number of nitrogens with one attached hydrogen (secondary N) is 1. The first kappa shape index (κ1) is 30.8. The highest BCUT2D eigenvalue weighted by Crippen LogP contribution is 2.23. The lowest BCUT2D eigenvalue weighted by atomic mass is 10.0. The molecule has 0 bridgehead atoms. The smallest absolute Gasteiger partial charge is 0.244 e. The van der Waals surface area contributed by atoms with E-state index < -0.39 is 28.5 Å². The van der Waals surface area contributed by atoms with Crippen molar-refractivity contribution in [2.75, 3.05) is 23.7 Å². The third kappa shape index (κ3) is 9.47. The highest BCUT2D eigenvalue weighted by Gasteiger charge is 2.33. The summed E-state index contributed by atoms with van der Waals surface area (Å²) in [6, 6.07) is 22.8. The molecule has 0 heterocycles. The predicted molar refractivity (Wildman–Crippen MR) is 163 cm³/mol. The van der Waals surface area contributed by atoms with Gasteiger partial charge in [0.2, 0.25) is 21.8 Å². The van der Waals surface area contributed by atoms with E-state index >= 15 is 0 Å². The number of hydrogen-bond donors (Lipinski definition) is 1. The van der Waals surface area contributed by atoms with E-state index in [1.54, 1.807) is 24.3 Å². The number of anilines is 1. The van der Waals surface area contributed by atoms with Crippen molar-refractivity contribution in [1.82, 2.24) is 10.2 Å². The number of carbonyl (C=O) groups excluding carboxylic acids is 2. The van der Waals surface area contributed by atoms with E-state index in [1.807, 2.05) is 68.4 Å². The minimum Gasteiger partial charge on any atom is -0.354 e. The second-order valence-electron chi connectivity index (χ2n) is 9.74. The third-order valence-corrected chi connectivity index (χ3v) is 8.15. The molecular formula is C29H33Br2N3O4S. The molecule has 0 spiro atoms. The summed E-state index contributed by atoms with van der Waals surface area (Å²) >= 11 is 6.84. The lowest BCUT2D eigenvalue weighted by molar-refractivity contribution is -0.140. The van der Waals surface area contributed by atoms with E-state index in [4.69, 9.17) is 0 Å². The van der Waals surface area contributed by atoms with Crippen LogP contribution in [0.4, 0.5) is 5.69 Å². The Morgan fingerprint density at radius 3 is 2.10 bits per heavy atom. The molecule has 0 aliphatic rings. The van der Waals surface area contributed by atoms with E-state index in [9.17, 15) is 18.0 Å². The molecule has 3 aromatic carbocycles. The molecule has 0 radical (unpaired) electrons. The molecular weight excluding hydrogens is 646 g/mol. The fraction of sp³-hybridized carbons (Fsp3) is 0.310. The maximum absolute atomic E-state index is 14.0. The summed E-state index contributed by atoms with van der Waals surface area (Å²) in [6.45, 7) is 4.13. The number of rotatable bonds is 12. The van der Waals surface area contributed by atoms with Gasteiger partial charge in [-0.2, -0.15) is 0 Å². The van der Waals surface area contributed by atoms with Gasteiger partial charge in [0.05, 0.1) is 11.9 Å². The Hall–Kier alpha value is -2.69. The van der Waals surface area contributed by atoms with E-state index in [-0.39, 0.29) is 24.8 Å². The topological polar surface area (TPSA) is 86.8 Å². The van der Waals surface area contributed by atoms with Gasteiger partial charge >= 0.3 is 0 Å². The van der Waals surface area contributed by atoms with Crippen molar-refractivity contribution < 1.29 is 18.0 Å². The van der Waals surface area contributed by atoms with Crippen LogP contribution < -0.4 is 9.62 Å². The molecule has 0 saturated heterocycles. The summed E-state index contributed by atoms with van der Waals surface area (Å²) in [7, 11) is -3.80. The van der Waals surface area contributed by atoms with Crippen LogP contribution in [0.25, 0.3) is 0 Å². The molecule has 208 valence electrons. The summed E-state index contributed by atoms with van der Waals surface area (Å²) in [6.07, 6.45) is 1.35. The molecule has 0 fully saturated rings. The van der Waals surface area contributed by atoms with Crippen LogP contribution in [0, 0.1) is 5.92 Å². The SMILES string of the molecule is CC(C)CNC(=O)C(Cc1ccccc1)N(Cc1cccc(Br)c1)C(=O)CN(c1ccc(Br)cc1)S(C)(=O)=O. The number of nitrogens with zero attached hydrogens (tertiary/aromatic N) is 2. The third-order valence-electron chi connectivity index (χ3n) is 5.99. The first-order valence-electron chi connectivity index (χ1n) is 12.5. The monoisotopic (exact) mass is 677 g/mol. The van der Waals surface area contributed by atoms with Gasteiger partial charge in [-0.1, -0.05) is 88.2 Å². The van der Waals surface area contributed by atoms with Crippen LogP contribution >= 0.6 is 31.9 Å². The van der Waals surface area contributed by atoms with Gasteiger partial charge in [0.15, 0.2) is 0 Å². The second kappa shape index (κ2) is 14.1. The van der Waals surface area contributed by atoms with Crippen LogP contribution in [0.3, 0.4) is 0 Å². The van der Waals surface area contributed by atoms with Crippen LogP contribution in [0.2, 0.25) is 0 Å². The van der Waals surface area contributed by atoms with Crippen molar-refractivity contribution >= 4 is 59.4 Å². The summed E-state index contributed by atoms with van der Waals surface area (Å²) in [5.74, 6) is -0.548. The highest BCUT2D eigenvalue weighted by molar-refractivity contribution is 9.10. The Morgan fingerprint density at radius 1 is 0.872 bits per heavy atom. The molecule has 0 aliphatic carbocycles. The van der Waals surface area contributed by atoms with Crippen LogP contribution in [0.15, 0.2) is 87.8 Å². The van der Waals surface area contributed by atoms with Crippen molar-refractivity contribution in [3.63, 3.8) is 0 Å². The number of hydrogen-bond acceptors (Lipinski definition) is 4. The quantitative estimate of drug-likeness (QED) is 0.278. The Balaban J connectivity index is 2.04. The molecule has 2 amide bonds. The van der Waals surface area contributed by atoms with Crippen LogP contribution in [0.1, 0.15) is 25.0 Å². The Morgan fingerprint density at radius 2 is 1.51 bits per heavy atom. The molecule has 39 heavy (non-hydrogen) atoms. The highest BCUT2D eigenvalue weighted by atomic mass is 79.9. The zero-order valence-electron chi connectivity index (χ0n) is 22.2. The molecule has 0 aliphatic heterocycles. The molecule has 1 unspecified atom stereocenters. The van der Waals surface area contributed by atoms with Gasteiger partial charge in [-0.05, 0) is 53.4 Å². The minimum absolute atomic E-state index is 0.128. The summed E-state index contributed by atoms with van der Waals surface area (Å²) < 4.78 is 28.3. The molecule has 3 rings (SSSR count). The fourth-order valence-electron chi connectivity index (χ4n) is 4.03. The number of halogens is 2. The Labute approximate surface area is 247 Å². The van der Waals surface area contributed by atoms with E-state index in [0.29, 0.717) is 12.2 Å².